The number of hydrogen-bond donors (Lipinski definition) is 3. The number of carbonyl (C=O) groups excluding carboxylic acids is 1. The second-order valence-electron chi connectivity index (χ2n) is 5.41. The minimum Gasteiger partial charge on any atom is -0.477 e. The number of rotatable bonds is 6. The van der Waals surface area contributed by atoms with E-state index in [1.807, 2.05) is 0 Å². The number of amides is 2. The Bertz CT molecular complexity index is 481. The summed E-state index contributed by atoms with van der Waals surface area (Å²) in [4.78, 5) is 26.1. The Labute approximate surface area is 124 Å². The van der Waals surface area contributed by atoms with Crippen molar-refractivity contribution >= 4 is 12.0 Å². The van der Waals surface area contributed by atoms with Crippen molar-refractivity contribution in [1.29, 1.82) is 0 Å². The van der Waals surface area contributed by atoms with E-state index >= 15 is 0 Å². The van der Waals surface area contributed by atoms with Crippen LogP contribution in [-0.4, -0.2) is 28.6 Å². The van der Waals surface area contributed by atoms with Gasteiger partial charge < -0.3 is 15.7 Å². The second kappa shape index (κ2) is 7.61. The molecule has 21 heavy (non-hydrogen) atoms. The molecule has 0 saturated heterocycles. The summed E-state index contributed by atoms with van der Waals surface area (Å²) in [5.74, 6) is -0.294. The van der Waals surface area contributed by atoms with Crippen molar-refractivity contribution in [1.82, 2.24) is 15.6 Å². The Morgan fingerprint density at radius 1 is 1.24 bits per heavy atom. The summed E-state index contributed by atoms with van der Waals surface area (Å²) in [5.41, 5.74) is 0.769. The van der Waals surface area contributed by atoms with Crippen LogP contribution in [0.15, 0.2) is 18.3 Å². The van der Waals surface area contributed by atoms with Gasteiger partial charge in [0.2, 0.25) is 0 Å². The van der Waals surface area contributed by atoms with Crippen molar-refractivity contribution < 1.29 is 14.7 Å². The molecule has 3 N–H and O–H groups in total. The largest absolute Gasteiger partial charge is 0.477 e. The van der Waals surface area contributed by atoms with Crippen LogP contribution in [0, 0.1) is 5.92 Å². The van der Waals surface area contributed by atoms with Gasteiger partial charge >= 0.3 is 12.0 Å². The van der Waals surface area contributed by atoms with Gasteiger partial charge in [0.05, 0.1) is 0 Å². The number of urea groups is 1. The molecular formula is C15H21N3O3. The van der Waals surface area contributed by atoms with Crippen molar-refractivity contribution in [2.45, 2.75) is 38.6 Å². The molecule has 0 unspecified atom stereocenters. The number of carboxylic acid groups (broad SMARTS) is 1. The van der Waals surface area contributed by atoms with Crippen LogP contribution in [-0.2, 0) is 6.54 Å². The summed E-state index contributed by atoms with van der Waals surface area (Å²) < 4.78 is 0. The van der Waals surface area contributed by atoms with Gasteiger partial charge in [-0.2, -0.15) is 0 Å². The molecular weight excluding hydrogens is 270 g/mol. The summed E-state index contributed by atoms with van der Waals surface area (Å²) in [6.45, 7) is 1.04. The van der Waals surface area contributed by atoms with Crippen molar-refractivity contribution in [3.63, 3.8) is 0 Å². The van der Waals surface area contributed by atoms with Crippen LogP contribution in [0.1, 0.15) is 48.2 Å². The molecule has 1 fully saturated rings. The molecule has 2 rings (SSSR count). The predicted molar refractivity (Wildman–Crippen MR) is 78.0 cm³/mol. The lowest BCUT2D eigenvalue weighted by Gasteiger charge is -2.10. The minimum atomic E-state index is -1.06. The topological polar surface area (TPSA) is 91.3 Å². The van der Waals surface area contributed by atoms with Crippen LogP contribution in [0.25, 0.3) is 0 Å². The Morgan fingerprint density at radius 3 is 2.62 bits per heavy atom. The summed E-state index contributed by atoms with van der Waals surface area (Å²) in [7, 11) is 0. The Morgan fingerprint density at radius 2 is 2.00 bits per heavy atom. The van der Waals surface area contributed by atoms with Crippen molar-refractivity contribution in [2.75, 3.05) is 6.54 Å². The first kappa shape index (κ1) is 15.3. The molecule has 1 aromatic heterocycles. The van der Waals surface area contributed by atoms with E-state index in [0.29, 0.717) is 13.1 Å². The predicted octanol–water partition coefficient (Wildman–Crippen LogP) is 2.16. The van der Waals surface area contributed by atoms with Crippen LogP contribution >= 0.6 is 0 Å². The fourth-order valence-electron chi connectivity index (χ4n) is 2.59. The van der Waals surface area contributed by atoms with E-state index in [1.54, 1.807) is 6.07 Å². The average molecular weight is 291 g/mol. The highest BCUT2D eigenvalue weighted by Crippen LogP contribution is 2.26. The molecule has 1 heterocycles. The molecule has 1 aliphatic rings. The van der Waals surface area contributed by atoms with Gasteiger partial charge in [-0.3, -0.25) is 0 Å². The summed E-state index contributed by atoms with van der Waals surface area (Å²) in [5, 5.41) is 14.3. The fraction of sp³-hybridized carbons (Fsp3) is 0.533. The zero-order valence-corrected chi connectivity index (χ0v) is 12.0. The van der Waals surface area contributed by atoms with Gasteiger partial charge in [-0.05, 0) is 24.0 Å². The molecule has 0 aliphatic heterocycles. The first-order valence-corrected chi connectivity index (χ1v) is 7.35. The number of pyridine rings is 1. The number of aromatic nitrogens is 1. The van der Waals surface area contributed by atoms with Crippen LogP contribution < -0.4 is 10.6 Å². The Kier molecular flexibility index (Phi) is 5.54. The van der Waals surface area contributed by atoms with Gasteiger partial charge in [-0.25, -0.2) is 14.6 Å². The van der Waals surface area contributed by atoms with Crippen LogP contribution in [0.3, 0.4) is 0 Å². The van der Waals surface area contributed by atoms with E-state index in [4.69, 9.17) is 5.11 Å². The van der Waals surface area contributed by atoms with Gasteiger partial charge in [-0.1, -0.05) is 31.7 Å². The van der Waals surface area contributed by atoms with Gasteiger partial charge in [0.15, 0.2) is 0 Å². The fourth-order valence-corrected chi connectivity index (χ4v) is 2.59. The van der Waals surface area contributed by atoms with Gasteiger partial charge in [0.25, 0.3) is 0 Å². The SMILES string of the molecule is O=C(NCCC1CCCC1)NCc1ccc(C(=O)O)nc1. The average Bonchev–Trinajstić information content (AvgIpc) is 2.99. The molecule has 114 valence electrons. The van der Waals surface area contributed by atoms with Crippen molar-refractivity contribution in [3.05, 3.63) is 29.6 Å². The number of hydrogen-bond acceptors (Lipinski definition) is 3. The van der Waals surface area contributed by atoms with Crippen LogP contribution in [0.4, 0.5) is 4.79 Å². The summed E-state index contributed by atoms with van der Waals surface area (Å²) in [6.07, 6.45) is 7.70. The third kappa shape index (κ3) is 5.06. The monoisotopic (exact) mass is 291 g/mol. The molecule has 0 radical (unpaired) electrons. The zero-order valence-electron chi connectivity index (χ0n) is 12.0. The highest BCUT2D eigenvalue weighted by molar-refractivity contribution is 5.85. The van der Waals surface area contributed by atoms with Gasteiger partial charge in [-0.15, -0.1) is 0 Å². The molecule has 0 atom stereocenters. The van der Waals surface area contributed by atoms with E-state index < -0.39 is 5.97 Å². The van der Waals surface area contributed by atoms with Crippen LogP contribution in [0.5, 0.6) is 0 Å². The summed E-state index contributed by atoms with van der Waals surface area (Å²) in [6, 6.07) is 2.88. The Hall–Kier alpha value is -2.11. The molecule has 0 aromatic carbocycles. The highest BCUT2D eigenvalue weighted by atomic mass is 16.4. The smallest absolute Gasteiger partial charge is 0.354 e. The van der Waals surface area contributed by atoms with E-state index in [0.717, 1.165) is 17.9 Å². The molecule has 0 bridgehead atoms. The molecule has 1 saturated carbocycles. The first-order valence-electron chi connectivity index (χ1n) is 7.35. The molecule has 2 amide bonds. The molecule has 1 aromatic rings. The van der Waals surface area contributed by atoms with Crippen molar-refractivity contribution in [2.24, 2.45) is 5.92 Å². The number of nitrogens with one attached hydrogen (secondary N) is 2. The Balaban J connectivity index is 1.64. The standard InChI is InChI=1S/C15H21N3O3/c19-14(20)13-6-5-12(9-17-13)10-18-15(21)16-8-7-11-3-1-2-4-11/h5-6,9,11H,1-4,7-8,10H2,(H,19,20)(H2,16,18,21). The number of carboxylic acids is 1. The maximum Gasteiger partial charge on any atom is 0.354 e. The maximum atomic E-state index is 11.6. The lowest BCUT2D eigenvalue weighted by molar-refractivity contribution is 0.0690. The minimum absolute atomic E-state index is 0.000217. The number of aromatic carboxylic acids is 1. The van der Waals surface area contributed by atoms with E-state index in [1.165, 1.54) is 37.9 Å². The van der Waals surface area contributed by atoms with Gasteiger partial charge in [0, 0.05) is 19.3 Å². The van der Waals surface area contributed by atoms with Crippen LogP contribution in [0.2, 0.25) is 0 Å². The first-order chi connectivity index (χ1) is 10.1. The lowest BCUT2D eigenvalue weighted by atomic mass is 10.0. The third-order valence-electron chi connectivity index (χ3n) is 3.81. The molecule has 0 spiro atoms. The normalized spacial score (nSPS) is 14.9. The zero-order chi connectivity index (χ0) is 15.1. The number of nitrogens with zero attached hydrogens (tertiary/aromatic N) is 1. The van der Waals surface area contributed by atoms with E-state index in [-0.39, 0.29) is 11.7 Å². The van der Waals surface area contributed by atoms with E-state index in [9.17, 15) is 9.59 Å². The van der Waals surface area contributed by atoms with Crippen molar-refractivity contribution in [3.8, 4) is 0 Å². The molecule has 6 heteroatoms. The number of carbonyl (C=O) groups is 2. The second-order valence-corrected chi connectivity index (χ2v) is 5.41. The van der Waals surface area contributed by atoms with Gasteiger partial charge in [0.1, 0.15) is 5.69 Å². The maximum absolute atomic E-state index is 11.6. The molecule has 1 aliphatic carbocycles. The lowest BCUT2D eigenvalue weighted by Crippen LogP contribution is -2.36. The third-order valence-corrected chi connectivity index (χ3v) is 3.81. The quantitative estimate of drug-likeness (QED) is 0.749. The molecule has 6 nitrogen and oxygen atoms in total. The van der Waals surface area contributed by atoms with E-state index in [2.05, 4.69) is 15.6 Å². The summed E-state index contributed by atoms with van der Waals surface area (Å²) >= 11 is 0. The highest BCUT2D eigenvalue weighted by Gasteiger charge is 2.14.